The highest BCUT2D eigenvalue weighted by atomic mass is 35.5. The van der Waals surface area contributed by atoms with E-state index in [-0.39, 0.29) is 6.10 Å². The van der Waals surface area contributed by atoms with Gasteiger partial charge in [-0.15, -0.1) is 0 Å². The van der Waals surface area contributed by atoms with Crippen LogP contribution in [-0.2, 0) is 6.42 Å². The van der Waals surface area contributed by atoms with Gasteiger partial charge in [-0.05, 0) is 35.7 Å². The Morgan fingerprint density at radius 2 is 2.00 bits per heavy atom. The highest BCUT2D eigenvalue weighted by Crippen LogP contribution is 2.35. The monoisotopic (exact) mass is 273 g/mol. The number of halogens is 1. The highest BCUT2D eigenvalue weighted by molar-refractivity contribution is 6.30. The summed E-state index contributed by atoms with van der Waals surface area (Å²) in [5.41, 5.74) is 3.51. The topological polar surface area (TPSA) is 21.3 Å². The Bertz CT molecular complexity index is 580. The molecule has 0 saturated carbocycles. The lowest BCUT2D eigenvalue weighted by atomic mass is 10.0. The van der Waals surface area contributed by atoms with E-state index >= 15 is 0 Å². The Morgan fingerprint density at radius 1 is 1.21 bits per heavy atom. The number of benzene rings is 2. The second-order valence-electron chi connectivity index (χ2n) is 4.72. The lowest BCUT2D eigenvalue weighted by molar-refractivity contribution is 0.210. The number of rotatable bonds is 2. The Morgan fingerprint density at radius 3 is 2.74 bits per heavy atom. The van der Waals surface area contributed by atoms with Gasteiger partial charge in [0.2, 0.25) is 0 Å². The predicted molar refractivity (Wildman–Crippen MR) is 79.1 cm³/mol. The maximum Gasteiger partial charge on any atom is 0.143 e. The van der Waals surface area contributed by atoms with Crippen molar-refractivity contribution in [3.8, 4) is 5.75 Å². The molecule has 2 aromatic carbocycles. The lowest BCUT2D eigenvalue weighted by Crippen LogP contribution is -2.23. The Balaban J connectivity index is 1.82. The van der Waals surface area contributed by atoms with Crippen molar-refractivity contribution in [2.24, 2.45) is 0 Å². The van der Waals surface area contributed by atoms with E-state index in [1.165, 1.54) is 11.1 Å². The van der Waals surface area contributed by atoms with Crippen molar-refractivity contribution in [3.63, 3.8) is 0 Å². The number of fused-ring (bicyclic) bond motifs is 1. The van der Waals surface area contributed by atoms with Crippen LogP contribution in [0, 0.1) is 0 Å². The van der Waals surface area contributed by atoms with Gasteiger partial charge in [0.15, 0.2) is 0 Å². The first-order valence-corrected chi connectivity index (χ1v) is 6.93. The first kappa shape index (κ1) is 12.4. The number of ether oxygens (including phenoxy) is 1. The Labute approximate surface area is 118 Å². The van der Waals surface area contributed by atoms with E-state index in [0.717, 1.165) is 29.4 Å². The zero-order chi connectivity index (χ0) is 13.2. The van der Waals surface area contributed by atoms with Gasteiger partial charge in [0.05, 0.1) is 12.2 Å². The van der Waals surface area contributed by atoms with Crippen molar-refractivity contribution in [1.82, 2.24) is 0 Å². The minimum absolute atomic E-state index is 0.0552. The number of nitrogens with one attached hydrogen (secondary N) is 1. The molecule has 2 aromatic rings. The third-order valence-corrected chi connectivity index (χ3v) is 3.68. The zero-order valence-corrected chi connectivity index (χ0v) is 11.6. The summed E-state index contributed by atoms with van der Waals surface area (Å²) in [5, 5.41) is 4.09. The molecule has 1 unspecified atom stereocenters. The predicted octanol–water partition coefficient (Wildman–Crippen LogP) is 4.45. The van der Waals surface area contributed by atoms with Crippen LogP contribution in [0.1, 0.15) is 24.2 Å². The van der Waals surface area contributed by atoms with Gasteiger partial charge in [0, 0.05) is 5.02 Å². The summed E-state index contributed by atoms with van der Waals surface area (Å²) in [7, 11) is 0. The highest BCUT2D eigenvalue weighted by Gasteiger charge is 2.20. The second-order valence-corrected chi connectivity index (χ2v) is 5.16. The van der Waals surface area contributed by atoms with Gasteiger partial charge in [-0.2, -0.15) is 0 Å². The van der Waals surface area contributed by atoms with E-state index in [9.17, 15) is 0 Å². The van der Waals surface area contributed by atoms with Crippen molar-refractivity contribution < 1.29 is 4.74 Å². The molecule has 1 aliphatic rings. The maximum absolute atomic E-state index is 6.03. The van der Waals surface area contributed by atoms with Crippen LogP contribution in [0.2, 0.25) is 5.02 Å². The Hall–Kier alpha value is -1.67. The fourth-order valence-corrected chi connectivity index (χ4v) is 2.47. The SMILES string of the molecule is CCc1ccc(C2CNc3cc(Cl)ccc3O2)cc1. The van der Waals surface area contributed by atoms with Crippen LogP contribution >= 0.6 is 11.6 Å². The first-order valence-electron chi connectivity index (χ1n) is 6.55. The molecule has 1 aliphatic heterocycles. The third kappa shape index (κ3) is 2.54. The van der Waals surface area contributed by atoms with E-state index in [1.54, 1.807) is 0 Å². The Kier molecular flexibility index (Phi) is 3.34. The van der Waals surface area contributed by atoms with Gasteiger partial charge < -0.3 is 10.1 Å². The van der Waals surface area contributed by atoms with Gasteiger partial charge in [-0.1, -0.05) is 42.8 Å². The van der Waals surface area contributed by atoms with Gasteiger partial charge in [0.1, 0.15) is 11.9 Å². The molecule has 1 heterocycles. The molecular formula is C16H16ClNO. The van der Waals surface area contributed by atoms with Crippen LogP contribution in [0.5, 0.6) is 5.75 Å². The van der Waals surface area contributed by atoms with Crippen LogP contribution < -0.4 is 10.1 Å². The van der Waals surface area contributed by atoms with Crippen molar-refractivity contribution in [1.29, 1.82) is 0 Å². The zero-order valence-electron chi connectivity index (χ0n) is 10.8. The molecule has 0 aromatic heterocycles. The average molecular weight is 274 g/mol. The fraction of sp³-hybridized carbons (Fsp3) is 0.250. The molecule has 1 atom stereocenters. The lowest BCUT2D eigenvalue weighted by Gasteiger charge is -2.27. The smallest absolute Gasteiger partial charge is 0.143 e. The first-order chi connectivity index (χ1) is 9.26. The summed E-state index contributed by atoms with van der Waals surface area (Å²) in [6.45, 7) is 2.92. The van der Waals surface area contributed by atoms with E-state index in [1.807, 2.05) is 18.2 Å². The molecule has 0 aliphatic carbocycles. The molecule has 0 fully saturated rings. The average Bonchev–Trinajstić information content (AvgIpc) is 2.47. The van der Waals surface area contributed by atoms with Crippen molar-refractivity contribution >= 4 is 17.3 Å². The van der Waals surface area contributed by atoms with Crippen LogP contribution in [0.15, 0.2) is 42.5 Å². The second kappa shape index (κ2) is 5.14. The quantitative estimate of drug-likeness (QED) is 0.873. The van der Waals surface area contributed by atoms with Crippen molar-refractivity contribution in [2.45, 2.75) is 19.4 Å². The standard InChI is InChI=1S/C16H16ClNO/c1-2-11-3-5-12(6-4-11)16-10-18-14-9-13(17)7-8-15(14)19-16/h3-9,16,18H,2,10H2,1H3. The van der Waals surface area contributed by atoms with E-state index in [0.29, 0.717) is 0 Å². The van der Waals surface area contributed by atoms with Gasteiger partial charge in [0.25, 0.3) is 0 Å². The molecule has 0 bridgehead atoms. The van der Waals surface area contributed by atoms with Gasteiger partial charge in [-0.3, -0.25) is 0 Å². The molecule has 0 radical (unpaired) electrons. The van der Waals surface area contributed by atoms with E-state index in [2.05, 4.69) is 36.5 Å². The van der Waals surface area contributed by atoms with Crippen molar-refractivity contribution in [3.05, 3.63) is 58.6 Å². The molecule has 19 heavy (non-hydrogen) atoms. The maximum atomic E-state index is 6.03. The van der Waals surface area contributed by atoms with Crippen molar-refractivity contribution in [2.75, 3.05) is 11.9 Å². The minimum Gasteiger partial charge on any atom is -0.482 e. The number of aryl methyl sites for hydroxylation is 1. The minimum atomic E-state index is 0.0552. The summed E-state index contributed by atoms with van der Waals surface area (Å²) in [4.78, 5) is 0. The normalized spacial score (nSPS) is 17.3. The molecule has 1 N–H and O–H groups in total. The molecule has 3 heteroatoms. The molecular weight excluding hydrogens is 258 g/mol. The summed E-state index contributed by atoms with van der Waals surface area (Å²) >= 11 is 5.97. The fourth-order valence-electron chi connectivity index (χ4n) is 2.29. The molecule has 0 saturated heterocycles. The van der Waals surface area contributed by atoms with Gasteiger partial charge >= 0.3 is 0 Å². The summed E-state index contributed by atoms with van der Waals surface area (Å²) in [6, 6.07) is 14.3. The number of hydrogen-bond acceptors (Lipinski definition) is 2. The van der Waals surface area contributed by atoms with Crippen LogP contribution in [0.4, 0.5) is 5.69 Å². The van der Waals surface area contributed by atoms with Crippen LogP contribution in [-0.4, -0.2) is 6.54 Å². The van der Waals surface area contributed by atoms with Gasteiger partial charge in [-0.25, -0.2) is 0 Å². The molecule has 2 nitrogen and oxygen atoms in total. The molecule has 3 rings (SSSR count). The third-order valence-electron chi connectivity index (χ3n) is 3.45. The summed E-state index contributed by atoms with van der Waals surface area (Å²) < 4.78 is 6.03. The summed E-state index contributed by atoms with van der Waals surface area (Å²) in [5.74, 6) is 0.861. The molecule has 0 spiro atoms. The molecule has 98 valence electrons. The summed E-state index contributed by atoms with van der Waals surface area (Å²) in [6.07, 6.45) is 1.12. The van der Waals surface area contributed by atoms with E-state index in [4.69, 9.17) is 16.3 Å². The van der Waals surface area contributed by atoms with E-state index < -0.39 is 0 Å². The number of hydrogen-bond donors (Lipinski definition) is 1. The van der Waals surface area contributed by atoms with Crippen LogP contribution in [0.3, 0.4) is 0 Å². The van der Waals surface area contributed by atoms with Crippen LogP contribution in [0.25, 0.3) is 0 Å². The number of anilines is 1. The molecule has 0 amide bonds. The largest absolute Gasteiger partial charge is 0.482 e.